The molecule has 1 aliphatic heterocycles. The van der Waals surface area contributed by atoms with Crippen LogP contribution in [0.1, 0.15) is 30.9 Å². The number of amides is 2. The van der Waals surface area contributed by atoms with Crippen LogP contribution in [0.5, 0.6) is 0 Å². The van der Waals surface area contributed by atoms with Crippen LogP contribution >= 0.6 is 0 Å². The van der Waals surface area contributed by atoms with Crippen molar-refractivity contribution in [3.8, 4) is 0 Å². The van der Waals surface area contributed by atoms with Gasteiger partial charge in [0.25, 0.3) is 0 Å². The van der Waals surface area contributed by atoms with Gasteiger partial charge in [0.15, 0.2) is 0 Å². The first kappa shape index (κ1) is 19.6. The molecular formula is C18H23F3N4O2. The lowest BCUT2D eigenvalue weighted by Gasteiger charge is -2.35. The summed E-state index contributed by atoms with van der Waals surface area (Å²) in [4.78, 5) is 26.4. The first-order valence-electron chi connectivity index (χ1n) is 8.74. The molecule has 2 fully saturated rings. The number of rotatable bonds is 4. The number of hydrogen-bond acceptors (Lipinski definition) is 4. The zero-order valence-electron chi connectivity index (χ0n) is 15.4. The van der Waals surface area contributed by atoms with E-state index < -0.39 is 29.6 Å². The highest BCUT2D eigenvalue weighted by Crippen LogP contribution is 2.52. The topological polar surface area (TPSA) is 73.5 Å². The van der Waals surface area contributed by atoms with E-state index in [1.54, 1.807) is 19.0 Å². The maximum atomic E-state index is 12.8. The van der Waals surface area contributed by atoms with Gasteiger partial charge in [-0.15, -0.1) is 0 Å². The maximum Gasteiger partial charge on any atom is 0.416 e. The zero-order valence-corrected chi connectivity index (χ0v) is 15.4. The normalized spacial score (nSPS) is 30.8. The lowest BCUT2D eigenvalue weighted by atomic mass is 9.99. The standard InChI is InChI=1S/C18H23F3N4O2/c1-10-9-17(10,11-4-6-12(7-5-11)18(19,20)21)24-15(27)13-8-14(26)23-16(22-13)25(2)3/h4-7,10,13,16,22H,8-9H2,1-3H3,(H,23,26)(H,24,27)/t10-,13?,16?,17+/m0/s1. The lowest BCUT2D eigenvalue weighted by Crippen LogP contribution is -2.65. The minimum Gasteiger partial charge on any atom is -0.345 e. The molecule has 1 saturated heterocycles. The second-order valence-electron chi connectivity index (χ2n) is 7.50. The van der Waals surface area contributed by atoms with Crippen molar-refractivity contribution in [3.63, 3.8) is 0 Å². The highest BCUT2D eigenvalue weighted by molar-refractivity contribution is 5.90. The molecule has 4 atom stereocenters. The second-order valence-corrected chi connectivity index (χ2v) is 7.50. The van der Waals surface area contributed by atoms with Crippen LogP contribution in [0.15, 0.2) is 24.3 Å². The summed E-state index contributed by atoms with van der Waals surface area (Å²) in [6.45, 7) is 1.93. The first-order valence-corrected chi connectivity index (χ1v) is 8.74. The number of alkyl halides is 3. The molecule has 2 amide bonds. The molecule has 1 aliphatic carbocycles. The Bertz CT molecular complexity index is 735. The fraction of sp³-hybridized carbons (Fsp3) is 0.556. The molecule has 0 radical (unpaired) electrons. The molecule has 1 aromatic carbocycles. The van der Waals surface area contributed by atoms with E-state index in [4.69, 9.17) is 0 Å². The Labute approximate surface area is 155 Å². The summed E-state index contributed by atoms with van der Waals surface area (Å²) in [5.41, 5.74) is -0.772. The molecule has 1 saturated carbocycles. The maximum absolute atomic E-state index is 12.8. The van der Waals surface area contributed by atoms with Gasteiger partial charge in [-0.05, 0) is 44.1 Å². The molecule has 3 N–H and O–H groups in total. The largest absolute Gasteiger partial charge is 0.416 e. The Morgan fingerprint density at radius 3 is 2.33 bits per heavy atom. The van der Waals surface area contributed by atoms with Gasteiger partial charge < -0.3 is 10.6 Å². The van der Waals surface area contributed by atoms with Gasteiger partial charge in [0.2, 0.25) is 11.8 Å². The van der Waals surface area contributed by atoms with Crippen LogP contribution < -0.4 is 16.0 Å². The first-order chi connectivity index (χ1) is 12.5. The van der Waals surface area contributed by atoms with Crippen molar-refractivity contribution in [2.75, 3.05) is 14.1 Å². The van der Waals surface area contributed by atoms with Crippen molar-refractivity contribution in [1.29, 1.82) is 0 Å². The van der Waals surface area contributed by atoms with E-state index in [1.165, 1.54) is 12.1 Å². The summed E-state index contributed by atoms with van der Waals surface area (Å²) < 4.78 is 38.3. The smallest absolute Gasteiger partial charge is 0.345 e. The Balaban J connectivity index is 1.74. The molecule has 0 aromatic heterocycles. The monoisotopic (exact) mass is 384 g/mol. The van der Waals surface area contributed by atoms with Gasteiger partial charge in [0, 0.05) is 0 Å². The molecular weight excluding hydrogens is 361 g/mol. The summed E-state index contributed by atoms with van der Waals surface area (Å²) in [7, 11) is 3.54. The fourth-order valence-corrected chi connectivity index (χ4v) is 3.47. The van der Waals surface area contributed by atoms with Gasteiger partial charge in [0.05, 0.1) is 23.6 Å². The van der Waals surface area contributed by atoms with Gasteiger partial charge >= 0.3 is 6.18 Å². The molecule has 6 nitrogen and oxygen atoms in total. The average Bonchev–Trinajstić information content (AvgIpc) is 3.24. The number of hydrogen-bond donors (Lipinski definition) is 3. The predicted molar refractivity (Wildman–Crippen MR) is 92.2 cm³/mol. The van der Waals surface area contributed by atoms with Crippen molar-refractivity contribution in [2.24, 2.45) is 5.92 Å². The molecule has 0 spiro atoms. The lowest BCUT2D eigenvalue weighted by molar-refractivity contribution is -0.137. The van der Waals surface area contributed by atoms with Crippen molar-refractivity contribution >= 4 is 11.8 Å². The SMILES string of the molecule is C[C@H]1C[C@]1(NC(=O)C1CC(=O)NC(N(C)C)N1)c1ccc(C(F)(F)F)cc1. The van der Waals surface area contributed by atoms with Gasteiger partial charge in [-0.2, -0.15) is 13.2 Å². The van der Waals surface area contributed by atoms with Crippen LogP contribution in [-0.2, 0) is 21.3 Å². The van der Waals surface area contributed by atoms with E-state index in [1.807, 2.05) is 6.92 Å². The number of nitrogens with zero attached hydrogens (tertiary/aromatic N) is 1. The van der Waals surface area contributed by atoms with Gasteiger partial charge in [-0.3, -0.25) is 19.8 Å². The van der Waals surface area contributed by atoms with E-state index in [9.17, 15) is 22.8 Å². The van der Waals surface area contributed by atoms with Crippen molar-refractivity contribution in [2.45, 2.75) is 43.8 Å². The molecule has 2 aliphatic rings. The van der Waals surface area contributed by atoms with Crippen LogP contribution in [0.2, 0.25) is 0 Å². The third-order valence-corrected chi connectivity index (χ3v) is 5.26. The molecule has 1 aromatic rings. The number of carbonyl (C=O) groups excluding carboxylic acids is 2. The van der Waals surface area contributed by atoms with E-state index in [0.29, 0.717) is 12.0 Å². The Morgan fingerprint density at radius 1 is 1.26 bits per heavy atom. The highest BCUT2D eigenvalue weighted by atomic mass is 19.4. The third-order valence-electron chi connectivity index (χ3n) is 5.26. The summed E-state index contributed by atoms with van der Waals surface area (Å²) in [5.74, 6) is -0.471. The van der Waals surface area contributed by atoms with Crippen LogP contribution in [0, 0.1) is 5.92 Å². The summed E-state index contributed by atoms with van der Waals surface area (Å²) in [5, 5.41) is 8.75. The molecule has 27 heavy (non-hydrogen) atoms. The summed E-state index contributed by atoms with van der Waals surface area (Å²) >= 11 is 0. The fourth-order valence-electron chi connectivity index (χ4n) is 3.47. The Morgan fingerprint density at radius 2 is 1.85 bits per heavy atom. The average molecular weight is 384 g/mol. The van der Waals surface area contributed by atoms with Crippen LogP contribution in [-0.4, -0.2) is 43.1 Å². The number of benzene rings is 1. The zero-order chi connectivity index (χ0) is 20.0. The van der Waals surface area contributed by atoms with Crippen LogP contribution in [0.25, 0.3) is 0 Å². The van der Waals surface area contributed by atoms with E-state index in [-0.39, 0.29) is 24.2 Å². The van der Waals surface area contributed by atoms with Gasteiger partial charge in [-0.25, -0.2) is 0 Å². The Hall–Kier alpha value is -2.13. The van der Waals surface area contributed by atoms with Crippen molar-refractivity contribution in [3.05, 3.63) is 35.4 Å². The molecule has 9 heteroatoms. The van der Waals surface area contributed by atoms with Crippen molar-refractivity contribution in [1.82, 2.24) is 20.9 Å². The Kier molecular flexibility index (Phi) is 4.94. The van der Waals surface area contributed by atoms with Crippen LogP contribution in [0.3, 0.4) is 0 Å². The molecule has 2 unspecified atom stereocenters. The third kappa shape index (κ3) is 3.93. The summed E-state index contributed by atoms with van der Waals surface area (Å²) in [6.07, 6.45) is -4.21. The van der Waals surface area contributed by atoms with Crippen LogP contribution in [0.4, 0.5) is 13.2 Å². The molecule has 0 bridgehead atoms. The predicted octanol–water partition coefficient (Wildman–Crippen LogP) is 1.38. The van der Waals surface area contributed by atoms with E-state index in [0.717, 1.165) is 12.1 Å². The molecule has 1 heterocycles. The van der Waals surface area contributed by atoms with Gasteiger partial charge in [0.1, 0.15) is 6.29 Å². The molecule has 148 valence electrons. The number of carbonyl (C=O) groups is 2. The quantitative estimate of drug-likeness (QED) is 0.733. The van der Waals surface area contributed by atoms with Crippen molar-refractivity contribution < 1.29 is 22.8 Å². The van der Waals surface area contributed by atoms with Gasteiger partial charge in [-0.1, -0.05) is 19.1 Å². The highest BCUT2D eigenvalue weighted by Gasteiger charge is 2.54. The second kappa shape index (κ2) is 6.79. The van der Waals surface area contributed by atoms with E-state index in [2.05, 4.69) is 16.0 Å². The number of halogens is 3. The molecule has 3 rings (SSSR count). The number of nitrogens with one attached hydrogen (secondary N) is 3. The van der Waals surface area contributed by atoms with E-state index >= 15 is 0 Å². The minimum atomic E-state index is -4.40. The summed E-state index contributed by atoms with van der Waals surface area (Å²) in [6, 6.07) is 4.18. The minimum absolute atomic E-state index is 0.00759.